The summed E-state index contributed by atoms with van der Waals surface area (Å²) in [6, 6.07) is 11.5. The third kappa shape index (κ3) is 3.75. The molecule has 0 bridgehead atoms. The molecule has 0 saturated heterocycles. The van der Waals surface area contributed by atoms with Crippen molar-refractivity contribution < 1.29 is 14.3 Å². The minimum absolute atomic E-state index is 0.156. The van der Waals surface area contributed by atoms with Gasteiger partial charge >= 0.3 is 0 Å². The van der Waals surface area contributed by atoms with Gasteiger partial charge in [0.1, 0.15) is 0 Å². The summed E-state index contributed by atoms with van der Waals surface area (Å²) in [6.45, 7) is 0.687. The molecule has 1 aromatic carbocycles. The van der Waals surface area contributed by atoms with Crippen LogP contribution >= 0.6 is 11.3 Å². The molecule has 0 spiro atoms. The fraction of sp³-hybridized carbons (Fsp3) is 0.100. The van der Waals surface area contributed by atoms with E-state index in [-0.39, 0.29) is 12.7 Å². The Morgan fingerprint density at radius 3 is 3.00 bits per heavy atom. The molecule has 0 fully saturated rings. The smallest absolute Gasteiger partial charge is 0.244 e. The topological polar surface area (TPSA) is 60.5 Å². The van der Waals surface area contributed by atoms with E-state index in [4.69, 9.17) is 9.47 Å². The second kappa shape index (κ2) is 7.41. The van der Waals surface area contributed by atoms with E-state index in [1.807, 2.05) is 41.8 Å². The molecule has 2 aromatic heterocycles. The number of carbonyl (C=O) groups is 1. The molecule has 130 valence electrons. The maximum absolute atomic E-state index is 12.1. The number of thiophene rings is 1. The normalized spacial score (nSPS) is 12.5. The molecule has 0 atom stereocenters. The molecular weight excluding hydrogens is 348 g/mol. The lowest BCUT2D eigenvalue weighted by Gasteiger charge is -2.04. The summed E-state index contributed by atoms with van der Waals surface area (Å²) in [6.07, 6.45) is 5.02. The average molecular weight is 364 g/mol. The highest BCUT2D eigenvalue weighted by atomic mass is 32.1. The summed E-state index contributed by atoms with van der Waals surface area (Å²) in [5, 5.41) is 6.96. The van der Waals surface area contributed by atoms with Gasteiger partial charge in [0.2, 0.25) is 12.7 Å². The number of nitrogens with zero attached hydrogens (tertiary/aromatic N) is 1. The Kier molecular flexibility index (Phi) is 4.66. The van der Waals surface area contributed by atoms with Crippen molar-refractivity contribution in [3.63, 3.8) is 0 Å². The van der Waals surface area contributed by atoms with Crippen molar-refractivity contribution in [2.75, 3.05) is 6.79 Å². The number of benzene rings is 1. The van der Waals surface area contributed by atoms with Gasteiger partial charge in [-0.15, -0.1) is 0 Å². The number of carbonyl (C=O) groups excluding carboxylic acids is 1. The summed E-state index contributed by atoms with van der Waals surface area (Å²) < 4.78 is 10.6. The summed E-state index contributed by atoms with van der Waals surface area (Å²) >= 11 is 1.63. The van der Waals surface area contributed by atoms with E-state index in [1.165, 1.54) is 6.08 Å². The lowest BCUT2D eigenvalue weighted by atomic mass is 10.1. The van der Waals surface area contributed by atoms with E-state index in [2.05, 4.69) is 15.7 Å². The molecule has 5 nitrogen and oxygen atoms in total. The molecule has 0 saturated carbocycles. The van der Waals surface area contributed by atoms with E-state index in [1.54, 1.807) is 23.6 Å². The maximum atomic E-state index is 12.1. The molecule has 6 heteroatoms. The Morgan fingerprint density at radius 2 is 2.12 bits per heavy atom. The number of rotatable bonds is 5. The van der Waals surface area contributed by atoms with E-state index in [0.717, 1.165) is 28.1 Å². The largest absolute Gasteiger partial charge is 0.454 e. The Balaban J connectivity index is 1.36. The van der Waals surface area contributed by atoms with Gasteiger partial charge in [0.05, 0.1) is 5.69 Å². The molecule has 1 aliphatic heterocycles. The van der Waals surface area contributed by atoms with Crippen LogP contribution in [0.2, 0.25) is 0 Å². The highest BCUT2D eigenvalue weighted by Crippen LogP contribution is 2.32. The monoisotopic (exact) mass is 364 g/mol. The number of nitrogens with one attached hydrogen (secondary N) is 1. The van der Waals surface area contributed by atoms with Crippen LogP contribution in [0.1, 0.15) is 11.1 Å². The molecule has 1 amide bonds. The molecule has 3 heterocycles. The van der Waals surface area contributed by atoms with E-state index >= 15 is 0 Å². The molecule has 3 aromatic rings. The van der Waals surface area contributed by atoms with Crippen LogP contribution in [-0.2, 0) is 11.3 Å². The first-order valence-electron chi connectivity index (χ1n) is 8.11. The second-order valence-electron chi connectivity index (χ2n) is 5.73. The maximum Gasteiger partial charge on any atom is 0.244 e. The SMILES string of the molecule is O=C(/C=C/c1ccc2c(c1)OCO2)NCc1ccnc(-c2ccsc2)c1. The van der Waals surface area contributed by atoms with Gasteiger partial charge in [-0.1, -0.05) is 6.07 Å². The molecule has 0 radical (unpaired) electrons. The van der Waals surface area contributed by atoms with E-state index < -0.39 is 0 Å². The van der Waals surface area contributed by atoms with Crippen molar-refractivity contribution in [2.45, 2.75) is 6.54 Å². The van der Waals surface area contributed by atoms with Gasteiger partial charge in [0.25, 0.3) is 0 Å². The molecule has 26 heavy (non-hydrogen) atoms. The quantitative estimate of drug-likeness (QED) is 0.698. The number of hydrogen-bond acceptors (Lipinski definition) is 5. The van der Waals surface area contributed by atoms with Crippen LogP contribution in [0.4, 0.5) is 0 Å². The molecular formula is C20H16N2O3S. The first-order chi connectivity index (χ1) is 12.8. The third-order valence-electron chi connectivity index (χ3n) is 3.93. The highest BCUT2D eigenvalue weighted by Gasteiger charge is 2.12. The van der Waals surface area contributed by atoms with Crippen LogP contribution in [0.3, 0.4) is 0 Å². The van der Waals surface area contributed by atoms with Gasteiger partial charge in [-0.05, 0) is 52.9 Å². The molecule has 4 rings (SSSR count). The number of hydrogen-bond donors (Lipinski definition) is 1. The van der Waals surface area contributed by atoms with Gasteiger partial charge in [0, 0.05) is 29.8 Å². The Bertz CT molecular complexity index is 951. The summed E-state index contributed by atoms with van der Waals surface area (Å²) in [5.74, 6) is 1.27. The number of fused-ring (bicyclic) bond motifs is 1. The predicted molar refractivity (Wildman–Crippen MR) is 101 cm³/mol. The van der Waals surface area contributed by atoms with Crippen molar-refractivity contribution >= 4 is 23.3 Å². The minimum atomic E-state index is -0.156. The fourth-order valence-corrected chi connectivity index (χ4v) is 3.24. The number of amides is 1. The zero-order valence-electron chi connectivity index (χ0n) is 13.8. The minimum Gasteiger partial charge on any atom is -0.454 e. The van der Waals surface area contributed by atoms with Crippen LogP contribution in [-0.4, -0.2) is 17.7 Å². The number of pyridine rings is 1. The van der Waals surface area contributed by atoms with Crippen LogP contribution < -0.4 is 14.8 Å². The third-order valence-corrected chi connectivity index (χ3v) is 4.62. The standard InChI is InChI=1S/C20H16N2O3S/c23-20(4-2-14-1-3-18-19(10-14)25-13-24-18)22-11-15-5-7-21-17(9-15)16-6-8-26-12-16/h1-10,12H,11,13H2,(H,22,23)/b4-2+. The zero-order chi connectivity index (χ0) is 17.8. The fourth-order valence-electron chi connectivity index (χ4n) is 2.59. The van der Waals surface area contributed by atoms with E-state index in [9.17, 15) is 4.79 Å². The number of aromatic nitrogens is 1. The summed E-state index contributed by atoms with van der Waals surface area (Å²) in [5.41, 5.74) is 3.89. The summed E-state index contributed by atoms with van der Waals surface area (Å²) in [7, 11) is 0. The van der Waals surface area contributed by atoms with Gasteiger partial charge in [-0.25, -0.2) is 0 Å². The van der Waals surface area contributed by atoms with Crippen molar-refractivity contribution in [1.82, 2.24) is 10.3 Å². The first-order valence-corrected chi connectivity index (χ1v) is 9.05. The van der Waals surface area contributed by atoms with Crippen LogP contribution in [0.15, 0.2) is 59.4 Å². The molecule has 0 aliphatic carbocycles. The first kappa shape index (κ1) is 16.4. The molecule has 1 N–H and O–H groups in total. The van der Waals surface area contributed by atoms with Gasteiger partial charge in [0.15, 0.2) is 11.5 Å². The zero-order valence-corrected chi connectivity index (χ0v) is 14.7. The van der Waals surface area contributed by atoms with Crippen molar-refractivity contribution in [2.24, 2.45) is 0 Å². The van der Waals surface area contributed by atoms with Crippen LogP contribution in [0.25, 0.3) is 17.3 Å². The lowest BCUT2D eigenvalue weighted by molar-refractivity contribution is -0.116. The average Bonchev–Trinajstić information content (AvgIpc) is 3.36. The van der Waals surface area contributed by atoms with Gasteiger partial charge in [-0.2, -0.15) is 11.3 Å². The second-order valence-corrected chi connectivity index (χ2v) is 6.51. The van der Waals surface area contributed by atoms with Gasteiger partial charge < -0.3 is 14.8 Å². The van der Waals surface area contributed by atoms with Crippen molar-refractivity contribution in [1.29, 1.82) is 0 Å². The van der Waals surface area contributed by atoms with E-state index in [0.29, 0.717) is 12.3 Å². The van der Waals surface area contributed by atoms with Crippen LogP contribution in [0.5, 0.6) is 11.5 Å². The Morgan fingerprint density at radius 1 is 1.19 bits per heavy atom. The summed E-state index contributed by atoms with van der Waals surface area (Å²) in [4.78, 5) is 16.4. The Labute approximate surface area is 154 Å². The lowest BCUT2D eigenvalue weighted by Crippen LogP contribution is -2.20. The van der Waals surface area contributed by atoms with Crippen LogP contribution in [0, 0.1) is 0 Å². The Hall–Kier alpha value is -3.12. The predicted octanol–water partition coefficient (Wildman–Crippen LogP) is 3.87. The molecule has 0 unspecified atom stereocenters. The van der Waals surface area contributed by atoms with Gasteiger partial charge in [-0.3, -0.25) is 9.78 Å². The molecule has 1 aliphatic rings. The highest BCUT2D eigenvalue weighted by molar-refractivity contribution is 7.08. The van der Waals surface area contributed by atoms with Crippen molar-refractivity contribution in [3.05, 3.63) is 70.6 Å². The van der Waals surface area contributed by atoms with Crippen molar-refractivity contribution in [3.8, 4) is 22.8 Å². The number of ether oxygens (including phenoxy) is 2.